The van der Waals surface area contributed by atoms with Gasteiger partial charge in [0.1, 0.15) is 5.82 Å². The van der Waals surface area contributed by atoms with Crippen molar-refractivity contribution in [2.45, 2.75) is 12.8 Å². The van der Waals surface area contributed by atoms with E-state index < -0.39 is 0 Å². The van der Waals surface area contributed by atoms with Gasteiger partial charge in [-0.2, -0.15) is 0 Å². The Morgan fingerprint density at radius 1 is 1.00 bits per heavy atom. The van der Waals surface area contributed by atoms with Crippen molar-refractivity contribution in [3.63, 3.8) is 0 Å². The molecule has 1 atom stereocenters. The molecule has 2 N–H and O–H groups in total. The minimum Gasteiger partial charge on any atom is -0.340 e. The Morgan fingerprint density at radius 2 is 1.82 bits per heavy atom. The Labute approximate surface area is 174 Å². The summed E-state index contributed by atoms with van der Waals surface area (Å²) in [5.41, 5.74) is 4.35. The van der Waals surface area contributed by atoms with Crippen LogP contribution < -0.4 is 20.4 Å². The first-order valence-electron chi connectivity index (χ1n) is 8.84. The Morgan fingerprint density at radius 3 is 2.61 bits per heavy atom. The number of nitrogens with zero attached hydrogens (tertiary/aromatic N) is 4. The van der Waals surface area contributed by atoms with Crippen LogP contribution in [0.5, 0.6) is 0 Å². The van der Waals surface area contributed by atoms with E-state index in [0.29, 0.717) is 5.82 Å². The lowest BCUT2D eigenvalue weighted by Gasteiger charge is -2.28. The molecule has 1 unspecified atom stereocenters. The third kappa shape index (κ3) is 3.85. The van der Waals surface area contributed by atoms with Crippen molar-refractivity contribution in [3.8, 4) is 0 Å². The fourth-order valence-corrected chi connectivity index (χ4v) is 3.75. The zero-order valence-electron chi connectivity index (χ0n) is 15.5. The second kappa shape index (κ2) is 7.83. The fraction of sp³-hybridized carbons (Fsp3) is 0.200. The molecule has 0 aliphatic carbocycles. The van der Waals surface area contributed by atoms with Crippen molar-refractivity contribution in [1.82, 2.24) is 15.3 Å². The molecule has 2 heterocycles. The van der Waals surface area contributed by atoms with Gasteiger partial charge in [0, 0.05) is 37.5 Å². The Hall–Kier alpha value is -2.54. The van der Waals surface area contributed by atoms with Crippen LogP contribution in [0, 0.1) is 0 Å². The summed E-state index contributed by atoms with van der Waals surface area (Å²) in [5.74, 6) is 0.657. The van der Waals surface area contributed by atoms with Crippen molar-refractivity contribution >= 4 is 46.1 Å². The average Bonchev–Trinajstić information content (AvgIpc) is 2.90. The molecule has 0 radical (unpaired) electrons. The normalized spacial score (nSPS) is 15.6. The van der Waals surface area contributed by atoms with E-state index in [9.17, 15) is 0 Å². The SMILES string of the molecule is CN1c2ccc(Nc3ccnc(Cl)n3)cc2N(C)C1NCc1cccc(Cl)c1. The molecule has 8 heteroatoms. The molecular weight excluding hydrogens is 395 g/mol. The van der Waals surface area contributed by atoms with Gasteiger partial charge < -0.3 is 15.1 Å². The Kier molecular flexibility index (Phi) is 5.26. The molecule has 0 bridgehead atoms. The minimum atomic E-state index is 0.0396. The van der Waals surface area contributed by atoms with Gasteiger partial charge in [-0.25, -0.2) is 9.97 Å². The maximum atomic E-state index is 6.09. The maximum absolute atomic E-state index is 6.09. The highest BCUT2D eigenvalue weighted by Gasteiger charge is 2.30. The van der Waals surface area contributed by atoms with E-state index in [-0.39, 0.29) is 11.6 Å². The zero-order valence-corrected chi connectivity index (χ0v) is 17.0. The molecule has 1 aliphatic heterocycles. The van der Waals surface area contributed by atoms with E-state index in [0.717, 1.165) is 34.2 Å². The molecule has 0 spiro atoms. The first-order valence-corrected chi connectivity index (χ1v) is 9.60. The van der Waals surface area contributed by atoms with Crippen LogP contribution in [0.25, 0.3) is 0 Å². The van der Waals surface area contributed by atoms with Gasteiger partial charge in [-0.1, -0.05) is 23.7 Å². The van der Waals surface area contributed by atoms with Crippen LogP contribution in [-0.4, -0.2) is 30.4 Å². The largest absolute Gasteiger partial charge is 0.340 e. The molecule has 0 fully saturated rings. The number of halogens is 2. The molecule has 28 heavy (non-hydrogen) atoms. The molecule has 0 saturated heterocycles. The van der Waals surface area contributed by atoms with Crippen molar-refractivity contribution in [2.75, 3.05) is 29.2 Å². The summed E-state index contributed by atoms with van der Waals surface area (Å²) in [7, 11) is 4.15. The third-order valence-corrected chi connectivity index (χ3v) is 5.16. The molecular formula is C20H20Cl2N6. The zero-order chi connectivity index (χ0) is 19.7. The summed E-state index contributed by atoms with van der Waals surface area (Å²) in [4.78, 5) is 12.5. The predicted octanol–water partition coefficient (Wildman–Crippen LogP) is 4.49. The number of aromatic nitrogens is 2. The summed E-state index contributed by atoms with van der Waals surface area (Å²) in [6.07, 6.45) is 1.67. The molecule has 0 amide bonds. The predicted molar refractivity (Wildman–Crippen MR) is 116 cm³/mol. The number of benzene rings is 2. The van der Waals surface area contributed by atoms with Crippen LogP contribution in [-0.2, 0) is 6.54 Å². The van der Waals surface area contributed by atoms with Gasteiger partial charge in [0.05, 0.1) is 11.4 Å². The molecule has 1 aromatic heterocycles. The van der Waals surface area contributed by atoms with Crippen molar-refractivity contribution in [1.29, 1.82) is 0 Å². The second-order valence-corrected chi connectivity index (χ2v) is 7.42. The monoisotopic (exact) mass is 414 g/mol. The molecule has 1 aliphatic rings. The summed E-state index contributed by atoms with van der Waals surface area (Å²) >= 11 is 12.0. The molecule has 4 rings (SSSR count). The van der Waals surface area contributed by atoms with E-state index in [2.05, 4.69) is 62.7 Å². The summed E-state index contributed by atoms with van der Waals surface area (Å²) in [6.45, 7) is 0.721. The number of hydrogen-bond acceptors (Lipinski definition) is 6. The van der Waals surface area contributed by atoms with Crippen LogP contribution in [0.15, 0.2) is 54.7 Å². The Balaban J connectivity index is 1.50. The quantitative estimate of drug-likeness (QED) is 0.599. The van der Waals surface area contributed by atoms with E-state index in [4.69, 9.17) is 23.2 Å². The van der Waals surface area contributed by atoms with Crippen LogP contribution in [0.2, 0.25) is 10.3 Å². The number of hydrogen-bond donors (Lipinski definition) is 2. The van der Waals surface area contributed by atoms with Crippen molar-refractivity contribution in [2.24, 2.45) is 0 Å². The van der Waals surface area contributed by atoms with E-state index in [1.54, 1.807) is 12.3 Å². The lowest BCUT2D eigenvalue weighted by Crippen LogP contribution is -2.49. The smallest absolute Gasteiger partial charge is 0.224 e. The van der Waals surface area contributed by atoms with Crippen molar-refractivity contribution < 1.29 is 0 Å². The lowest BCUT2D eigenvalue weighted by molar-refractivity contribution is 0.515. The van der Waals surface area contributed by atoms with E-state index in [1.807, 2.05) is 24.3 Å². The molecule has 144 valence electrons. The van der Waals surface area contributed by atoms with E-state index in [1.165, 1.54) is 0 Å². The van der Waals surface area contributed by atoms with Crippen LogP contribution in [0.1, 0.15) is 5.56 Å². The van der Waals surface area contributed by atoms with Gasteiger partial charge in [0.2, 0.25) is 5.28 Å². The third-order valence-electron chi connectivity index (χ3n) is 4.75. The lowest BCUT2D eigenvalue weighted by atomic mass is 10.2. The minimum absolute atomic E-state index is 0.0396. The number of fused-ring (bicyclic) bond motifs is 1. The van der Waals surface area contributed by atoms with Crippen LogP contribution >= 0.6 is 23.2 Å². The highest BCUT2D eigenvalue weighted by molar-refractivity contribution is 6.30. The highest BCUT2D eigenvalue weighted by Crippen LogP contribution is 2.39. The average molecular weight is 415 g/mol. The first-order chi connectivity index (χ1) is 13.5. The first kappa shape index (κ1) is 18.8. The summed E-state index contributed by atoms with van der Waals surface area (Å²) in [6, 6.07) is 15.9. The maximum Gasteiger partial charge on any atom is 0.224 e. The molecule has 2 aromatic carbocycles. The molecule has 3 aromatic rings. The second-order valence-electron chi connectivity index (χ2n) is 6.65. The van der Waals surface area contributed by atoms with Crippen molar-refractivity contribution in [3.05, 3.63) is 70.6 Å². The number of anilines is 4. The number of nitrogens with one attached hydrogen (secondary N) is 2. The van der Waals surface area contributed by atoms with Crippen LogP contribution in [0.4, 0.5) is 22.9 Å². The van der Waals surface area contributed by atoms with E-state index >= 15 is 0 Å². The summed E-state index contributed by atoms with van der Waals surface area (Å²) < 4.78 is 0. The van der Waals surface area contributed by atoms with Gasteiger partial charge >= 0.3 is 0 Å². The molecule has 6 nitrogen and oxygen atoms in total. The standard InChI is InChI=1S/C20H20Cl2N6/c1-27-16-7-6-15(25-18-8-9-23-19(22)26-18)11-17(16)28(2)20(27)24-12-13-4-3-5-14(21)10-13/h3-11,20,24H,12H2,1-2H3,(H,23,25,26). The highest BCUT2D eigenvalue weighted by atomic mass is 35.5. The number of rotatable bonds is 5. The van der Waals surface area contributed by atoms with Gasteiger partial charge in [0.25, 0.3) is 0 Å². The van der Waals surface area contributed by atoms with Crippen LogP contribution in [0.3, 0.4) is 0 Å². The van der Waals surface area contributed by atoms with Gasteiger partial charge in [-0.3, -0.25) is 5.32 Å². The topological polar surface area (TPSA) is 56.3 Å². The fourth-order valence-electron chi connectivity index (χ4n) is 3.39. The Bertz CT molecular complexity index is 996. The van der Waals surface area contributed by atoms with Gasteiger partial charge in [-0.05, 0) is 53.6 Å². The van der Waals surface area contributed by atoms with Gasteiger partial charge in [-0.15, -0.1) is 0 Å². The van der Waals surface area contributed by atoms with Gasteiger partial charge in [0.15, 0.2) is 6.29 Å². The molecule has 0 saturated carbocycles. The summed E-state index contributed by atoms with van der Waals surface area (Å²) in [5, 5.41) is 7.82.